The number of benzene rings is 3. The number of urea groups is 1. The average Bonchev–Trinajstić information content (AvgIpc) is 2.71. The molecular formula is C20H11Cl3F3N2O5S-. The summed E-state index contributed by atoms with van der Waals surface area (Å²) >= 11 is 17.3. The molecule has 3 aromatic carbocycles. The molecule has 0 aliphatic rings. The van der Waals surface area contributed by atoms with Crippen LogP contribution in [0.5, 0.6) is 11.5 Å². The van der Waals surface area contributed by atoms with Gasteiger partial charge in [0.05, 0.1) is 21.2 Å². The molecule has 14 heteroatoms. The number of hydrogen-bond donors (Lipinski definition) is 2. The number of amides is 2. The van der Waals surface area contributed by atoms with E-state index in [9.17, 15) is 30.9 Å². The second kappa shape index (κ2) is 9.88. The van der Waals surface area contributed by atoms with Gasteiger partial charge in [-0.1, -0.05) is 34.8 Å². The van der Waals surface area contributed by atoms with E-state index in [4.69, 9.17) is 39.5 Å². The molecule has 34 heavy (non-hydrogen) atoms. The van der Waals surface area contributed by atoms with Crippen molar-refractivity contribution in [2.24, 2.45) is 0 Å². The Kier molecular flexibility index (Phi) is 7.53. The fourth-order valence-electron chi connectivity index (χ4n) is 2.67. The first-order valence-electron chi connectivity index (χ1n) is 8.91. The van der Waals surface area contributed by atoms with Crippen molar-refractivity contribution in [1.82, 2.24) is 0 Å². The number of alkyl halides is 3. The monoisotopic (exact) mass is 553 g/mol. The molecular weight excluding hydrogens is 544 g/mol. The van der Waals surface area contributed by atoms with E-state index in [1.54, 1.807) is 0 Å². The van der Waals surface area contributed by atoms with Crippen molar-refractivity contribution in [2.75, 3.05) is 10.6 Å². The van der Waals surface area contributed by atoms with Crippen LogP contribution in [0.2, 0.25) is 15.1 Å². The van der Waals surface area contributed by atoms with E-state index < -0.39 is 37.8 Å². The van der Waals surface area contributed by atoms with Gasteiger partial charge in [0.25, 0.3) is 0 Å². The number of anilines is 2. The molecule has 0 saturated carbocycles. The lowest BCUT2D eigenvalue weighted by Gasteiger charge is -2.17. The highest BCUT2D eigenvalue weighted by molar-refractivity contribution is 7.85. The minimum atomic E-state index is -4.97. The predicted octanol–water partition coefficient (Wildman–Crippen LogP) is 7.01. The molecule has 0 spiro atoms. The van der Waals surface area contributed by atoms with E-state index in [1.807, 2.05) is 0 Å². The zero-order chi connectivity index (χ0) is 25.3. The molecule has 0 atom stereocenters. The molecule has 3 aromatic rings. The molecule has 0 aromatic heterocycles. The van der Waals surface area contributed by atoms with Crippen LogP contribution in [0.25, 0.3) is 0 Å². The Hall–Kier alpha value is -2.70. The third kappa shape index (κ3) is 6.45. The number of hydrogen-bond acceptors (Lipinski definition) is 5. The third-order valence-electron chi connectivity index (χ3n) is 4.11. The van der Waals surface area contributed by atoms with Crippen molar-refractivity contribution >= 4 is 62.3 Å². The zero-order valence-corrected chi connectivity index (χ0v) is 19.5. The molecule has 180 valence electrons. The largest absolute Gasteiger partial charge is 0.744 e. The van der Waals surface area contributed by atoms with Gasteiger partial charge in [-0.05, 0) is 54.6 Å². The topological polar surface area (TPSA) is 108 Å². The standard InChI is InChI=1S/C20H12Cl3F3N2O5S/c21-10-1-5-16(33-17-6-2-11(22)8-18(17)34(30,31)32)15(7-10)28-19(29)27-12-3-4-14(23)13(9-12)20(24,25)26/h1-9H,(H2,27,28,29)(H,30,31,32)/p-1. The number of carbonyl (C=O) groups excluding carboxylic acids is 1. The maximum atomic E-state index is 13.0. The van der Waals surface area contributed by atoms with Crippen LogP contribution in [-0.4, -0.2) is 19.0 Å². The fourth-order valence-corrected chi connectivity index (χ4v) is 3.93. The quantitative estimate of drug-likeness (QED) is 0.330. The lowest BCUT2D eigenvalue weighted by atomic mass is 10.2. The van der Waals surface area contributed by atoms with E-state index in [-0.39, 0.29) is 32.9 Å². The van der Waals surface area contributed by atoms with Crippen LogP contribution in [0.3, 0.4) is 0 Å². The van der Waals surface area contributed by atoms with E-state index >= 15 is 0 Å². The van der Waals surface area contributed by atoms with Gasteiger partial charge in [-0.3, -0.25) is 0 Å². The maximum absolute atomic E-state index is 13.0. The highest BCUT2D eigenvalue weighted by atomic mass is 35.5. The molecule has 0 aliphatic heterocycles. The van der Waals surface area contributed by atoms with Gasteiger partial charge < -0.3 is 19.9 Å². The Balaban J connectivity index is 1.88. The van der Waals surface area contributed by atoms with Crippen molar-refractivity contribution in [2.45, 2.75) is 11.1 Å². The normalized spacial score (nSPS) is 11.7. The van der Waals surface area contributed by atoms with Gasteiger partial charge in [0, 0.05) is 15.7 Å². The van der Waals surface area contributed by atoms with Gasteiger partial charge >= 0.3 is 12.2 Å². The SMILES string of the molecule is O=C(Nc1ccc(Cl)c(C(F)(F)F)c1)Nc1cc(Cl)ccc1Oc1ccc(Cl)cc1S(=O)(=O)[O-]. The van der Waals surface area contributed by atoms with Gasteiger partial charge in [-0.15, -0.1) is 0 Å². The summed E-state index contributed by atoms with van der Waals surface area (Å²) in [7, 11) is -4.97. The van der Waals surface area contributed by atoms with Crippen LogP contribution in [0.4, 0.5) is 29.3 Å². The van der Waals surface area contributed by atoms with Crippen molar-refractivity contribution in [3.8, 4) is 11.5 Å². The molecule has 0 radical (unpaired) electrons. The Morgan fingerprint density at radius 3 is 2.12 bits per heavy atom. The van der Waals surface area contributed by atoms with Crippen molar-refractivity contribution in [1.29, 1.82) is 0 Å². The molecule has 0 aliphatic carbocycles. The van der Waals surface area contributed by atoms with Gasteiger partial charge in [-0.2, -0.15) is 13.2 Å². The van der Waals surface area contributed by atoms with Crippen molar-refractivity contribution < 1.29 is 35.7 Å². The zero-order valence-electron chi connectivity index (χ0n) is 16.4. The average molecular weight is 555 g/mol. The summed E-state index contributed by atoms with van der Waals surface area (Å²) in [6.45, 7) is 0. The minimum absolute atomic E-state index is 0.0307. The first kappa shape index (κ1) is 25.9. The molecule has 0 unspecified atom stereocenters. The Morgan fingerprint density at radius 1 is 0.882 bits per heavy atom. The maximum Gasteiger partial charge on any atom is 0.417 e. The van der Waals surface area contributed by atoms with Gasteiger partial charge in [0.2, 0.25) is 0 Å². The molecule has 2 N–H and O–H groups in total. The van der Waals surface area contributed by atoms with Crippen molar-refractivity contribution in [3.05, 3.63) is 75.2 Å². The van der Waals surface area contributed by atoms with E-state index in [0.29, 0.717) is 6.07 Å². The van der Waals surface area contributed by atoms with Crippen LogP contribution in [0, 0.1) is 0 Å². The second-order valence-corrected chi connectivity index (χ2v) is 9.19. The molecule has 0 fully saturated rings. The Bertz CT molecular complexity index is 1370. The summed E-state index contributed by atoms with van der Waals surface area (Å²) in [6.07, 6.45) is -4.74. The smallest absolute Gasteiger partial charge is 0.417 e. The summed E-state index contributed by atoms with van der Waals surface area (Å²) in [5.41, 5.74) is -1.44. The van der Waals surface area contributed by atoms with Gasteiger partial charge in [0.1, 0.15) is 15.9 Å². The summed E-state index contributed by atoms with van der Waals surface area (Å²) < 4.78 is 79.3. The van der Waals surface area contributed by atoms with E-state index in [2.05, 4.69) is 10.6 Å². The molecule has 7 nitrogen and oxygen atoms in total. The lowest BCUT2D eigenvalue weighted by molar-refractivity contribution is -0.137. The van der Waals surface area contributed by atoms with Gasteiger partial charge in [0.15, 0.2) is 5.75 Å². The highest BCUT2D eigenvalue weighted by Crippen LogP contribution is 2.37. The van der Waals surface area contributed by atoms with Crippen LogP contribution in [-0.2, 0) is 16.3 Å². The molecule has 0 bridgehead atoms. The predicted molar refractivity (Wildman–Crippen MR) is 120 cm³/mol. The summed E-state index contributed by atoms with van der Waals surface area (Å²) in [6, 6.07) is 8.98. The summed E-state index contributed by atoms with van der Waals surface area (Å²) in [5, 5.41) is 4.11. The number of ether oxygens (including phenoxy) is 1. The number of halogens is 6. The van der Waals surface area contributed by atoms with Crippen LogP contribution >= 0.6 is 34.8 Å². The molecule has 2 amide bonds. The number of nitrogens with one attached hydrogen (secondary N) is 2. The van der Waals surface area contributed by atoms with Gasteiger partial charge in [-0.25, -0.2) is 13.2 Å². The van der Waals surface area contributed by atoms with Crippen LogP contribution in [0.1, 0.15) is 5.56 Å². The van der Waals surface area contributed by atoms with Crippen LogP contribution in [0.15, 0.2) is 59.5 Å². The summed E-state index contributed by atoms with van der Waals surface area (Å²) in [5.74, 6) is -0.503. The minimum Gasteiger partial charge on any atom is -0.744 e. The lowest BCUT2D eigenvalue weighted by Crippen LogP contribution is -2.20. The molecule has 0 saturated heterocycles. The van der Waals surface area contributed by atoms with Crippen molar-refractivity contribution in [3.63, 3.8) is 0 Å². The number of rotatable bonds is 5. The Morgan fingerprint density at radius 2 is 1.50 bits per heavy atom. The summed E-state index contributed by atoms with van der Waals surface area (Å²) in [4.78, 5) is 11.7. The van der Waals surface area contributed by atoms with Crippen LogP contribution < -0.4 is 15.4 Å². The third-order valence-corrected chi connectivity index (χ3v) is 5.77. The molecule has 3 rings (SSSR count). The second-order valence-electron chi connectivity index (χ2n) is 6.56. The van der Waals surface area contributed by atoms with E-state index in [1.165, 1.54) is 24.3 Å². The highest BCUT2D eigenvalue weighted by Gasteiger charge is 2.33. The molecule has 0 heterocycles. The number of carbonyl (C=O) groups is 1. The first-order chi connectivity index (χ1) is 15.7. The fraction of sp³-hybridized carbons (Fsp3) is 0.0500. The first-order valence-corrected chi connectivity index (χ1v) is 11.5. The van der Waals surface area contributed by atoms with E-state index in [0.717, 1.165) is 24.3 Å². The Labute approximate surface area is 206 Å².